The second kappa shape index (κ2) is 10.2. The number of aromatic amines is 1. The number of anilines is 1. The molecule has 1 aliphatic carbocycles. The van der Waals surface area contributed by atoms with Gasteiger partial charge in [0.15, 0.2) is 11.6 Å². The van der Waals surface area contributed by atoms with E-state index in [1.807, 2.05) is 7.05 Å². The smallest absolute Gasteiger partial charge is 0.359 e. The number of rotatable bonds is 6. The minimum atomic E-state index is -4.29. The van der Waals surface area contributed by atoms with Gasteiger partial charge in [0, 0.05) is 41.3 Å². The number of pyridine rings is 1. The van der Waals surface area contributed by atoms with Gasteiger partial charge in [-0.2, -0.15) is 13.2 Å². The molecule has 0 radical (unpaired) electrons. The van der Waals surface area contributed by atoms with Gasteiger partial charge in [0.2, 0.25) is 0 Å². The SMILES string of the molecule is C=CC(=C)Nc1c[nH]c2cc(F)c(F)cc12.CNC1CC(Cc2ccc(C(F)(F)F)cn2)C1. The normalized spacial score (nSPS) is 17.6. The molecule has 3 N–H and O–H groups in total. The Bertz CT molecular complexity index is 1110. The van der Waals surface area contributed by atoms with Crippen LogP contribution in [-0.4, -0.2) is 23.1 Å². The van der Waals surface area contributed by atoms with Gasteiger partial charge in [-0.15, -0.1) is 0 Å². The van der Waals surface area contributed by atoms with Crippen molar-refractivity contribution in [1.82, 2.24) is 15.3 Å². The van der Waals surface area contributed by atoms with Gasteiger partial charge in [0.05, 0.1) is 16.8 Å². The lowest BCUT2D eigenvalue weighted by Gasteiger charge is -2.34. The van der Waals surface area contributed by atoms with Crippen LogP contribution in [-0.2, 0) is 12.6 Å². The molecule has 3 aromatic rings. The Morgan fingerprint density at radius 1 is 1.21 bits per heavy atom. The lowest BCUT2D eigenvalue weighted by Crippen LogP contribution is -2.39. The summed E-state index contributed by atoms with van der Waals surface area (Å²) < 4.78 is 62.9. The Hall–Kier alpha value is -3.20. The topological polar surface area (TPSA) is 52.7 Å². The van der Waals surface area contributed by atoms with Crippen molar-refractivity contribution in [1.29, 1.82) is 0 Å². The van der Waals surface area contributed by atoms with Crippen LogP contribution in [0.4, 0.5) is 27.6 Å². The highest BCUT2D eigenvalue weighted by Gasteiger charge is 2.31. The number of hydrogen-bond acceptors (Lipinski definition) is 3. The molecule has 0 aliphatic heterocycles. The third-order valence-corrected chi connectivity index (χ3v) is 5.56. The molecular weight excluding hydrogens is 439 g/mol. The first-order valence-corrected chi connectivity index (χ1v) is 10.3. The van der Waals surface area contributed by atoms with Gasteiger partial charge in [0.25, 0.3) is 0 Å². The average molecular weight is 464 g/mol. The quantitative estimate of drug-likeness (QED) is 0.301. The maximum absolute atomic E-state index is 13.1. The van der Waals surface area contributed by atoms with Crippen LogP contribution in [0.3, 0.4) is 0 Å². The summed E-state index contributed by atoms with van der Waals surface area (Å²) in [5.41, 5.74) is 1.82. The van der Waals surface area contributed by atoms with Crippen molar-refractivity contribution in [3.63, 3.8) is 0 Å². The second-order valence-electron chi connectivity index (χ2n) is 7.93. The Balaban J connectivity index is 0.000000186. The predicted molar refractivity (Wildman–Crippen MR) is 120 cm³/mol. The zero-order valence-corrected chi connectivity index (χ0v) is 18.1. The highest BCUT2D eigenvalue weighted by Crippen LogP contribution is 2.32. The number of allylic oxidation sites excluding steroid dienone is 1. The molecule has 0 saturated heterocycles. The summed E-state index contributed by atoms with van der Waals surface area (Å²) in [6.07, 6.45) is 2.73. The summed E-state index contributed by atoms with van der Waals surface area (Å²) in [6, 6.07) is 5.41. The molecule has 1 aromatic carbocycles. The van der Waals surface area contributed by atoms with Crippen molar-refractivity contribution in [3.8, 4) is 0 Å². The zero-order valence-electron chi connectivity index (χ0n) is 18.1. The molecule has 9 heteroatoms. The first-order valence-electron chi connectivity index (χ1n) is 10.3. The molecule has 2 aromatic heterocycles. The summed E-state index contributed by atoms with van der Waals surface area (Å²) >= 11 is 0. The van der Waals surface area contributed by atoms with Gasteiger partial charge in [-0.3, -0.25) is 4.98 Å². The summed E-state index contributed by atoms with van der Waals surface area (Å²) in [7, 11) is 1.93. The molecule has 0 unspecified atom stereocenters. The van der Waals surface area contributed by atoms with Crippen LogP contribution in [0.2, 0.25) is 0 Å². The van der Waals surface area contributed by atoms with Crippen LogP contribution in [0.25, 0.3) is 10.9 Å². The fraction of sp³-hybridized carbons (Fsp3) is 0.292. The van der Waals surface area contributed by atoms with Gasteiger partial charge in [-0.1, -0.05) is 13.2 Å². The molecule has 176 valence electrons. The van der Waals surface area contributed by atoms with E-state index in [-0.39, 0.29) is 0 Å². The van der Waals surface area contributed by atoms with E-state index in [2.05, 4.69) is 33.8 Å². The Kier molecular flexibility index (Phi) is 7.53. The molecule has 33 heavy (non-hydrogen) atoms. The van der Waals surface area contributed by atoms with Crippen LogP contribution in [0.1, 0.15) is 24.1 Å². The van der Waals surface area contributed by atoms with E-state index in [9.17, 15) is 22.0 Å². The van der Waals surface area contributed by atoms with E-state index in [0.717, 1.165) is 49.4 Å². The monoisotopic (exact) mass is 464 g/mol. The Morgan fingerprint density at radius 3 is 2.48 bits per heavy atom. The second-order valence-corrected chi connectivity index (χ2v) is 7.93. The fourth-order valence-corrected chi connectivity index (χ4v) is 3.59. The molecule has 2 heterocycles. The molecule has 1 aliphatic rings. The third-order valence-electron chi connectivity index (χ3n) is 5.56. The predicted octanol–water partition coefficient (Wildman–Crippen LogP) is 6.20. The maximum atomic E-state index is 13.1. The summed E-state index contributed by atoms with van der Waals surface area (Å²) in [5, 5.41) is 6.68. The van der Waals surface area contributed by atoms with Crippen LogP contribution < -0.4 is 10.6 Å². The fourth-order valence-electron chi connectivity index (χ4n) is 3.59. The minimum Gasteiger partial charge on any atom is -0.359 e. The van der Waals surface area contributed by atoms with Crippen LogP contribution in [0, 0.1) is 17.6 Å². The minimum absolute atomic E-state index is 0.526. The van der Waals surface area contributed by atoms with Crippen LogP contribution in [0.5, 0.6) is 0 Å². The number of aromatic nitrogens is 2. The number of alkyl halides is 3. The summed E-state index contributed by atoms with van der Waals surface area (Å²) in [5.74, 6) is -1.19. The van der Waals surface area contributed by atoms with E-state index < -0.39 is 23.4 Å². The highest BCUT2D eigenvalue weighted by atomic mass is 19.4. The van der Waals surface area contributed by atoms with E-state index in [1.165, 1.54) is 6.07 Å². The van der Waals surface area contributed by atoms with Crippen LogP contribution >= 0.6 is 0 Å². The highest BCUT2D eigenvalue weighted by molar-refractivity contribution is 5.93. The zero-order chi connectivity index (χ0) is 24.2. The van der Waals surface area contributed by atoms with Crippen molar-refractivity contribution in [2.45, 2.75) is 31.5 Å². The van der Waals surface area contributed by atoms with Gasteiger partial charge in [-0.25, -0.2) is 8.78 Å². The number of nitrogens with one attached hydrogen (secondary N) is 3. The molecule has 1 saturated carbocycles. The summed E-state index contributed by atoms with van der Waals surface area (Å²) in [4.78, 5) is 6.72. The summed E-state index contributed by atoms with van der Waals surface area (Å²) in [6.45, 7) is 7.23. The van der Waals surface area contributed by atoms with Gasteiger partial charge in [-0.05, 0) is 56.5 Å². The van der Waals surface area contributed by atoms with Gasteiger partial charge >= 0.3 is 6.18 Å². The third kappa shape index (κ3) is 6.19. The number of fused-ring (bicyclic) bond motifs is 1. The molecule has 0 spiro atoms. The number of H-pyrrole nitrogens is 1. The molecule has 0 amide bonds. The van der Waals surface area contributed by atoms with Gasteiger partial charge < -0.3 is 15.6 Å². The number of nitrogens with zero attached hydrogens (tertiary/aromatic N) is 1. The van der Waals surface area contributed by atoms with Crippen molar-refractivity contribution < 1.29 is 22.0 Å². The van der Waals surface area contributed by atoms with E-state index in [4.69, 9.17) is 0 Å². The van der Waals surface area contributed by atoms with E-state index in [0.29, 0.717) is 34.2 Å². The van der Waals surface area contributed by atoms with E-state index >= 15 is 0 Å². The Labute approximate surface area is 188 Å². The Morgan fingerprint density at radius 2 is 1.91 bits per heavy atom. The maximum Gasteiger partial charge on any atom is 0.417 e. The first kappa shape index (κ1) is 24.4. The number of halogens is 5. The largest absolute Gasteiger partial charge is 0.417 e. The number of benzene rings is 1. The molecule has 0 bridgehead atoms. The lowest BCUT2D eigenvalue weighted by molar-refractivity contribution is -0.137. The van der Waals surface area contributed by atoms with Crippen molar-refractivity contribution >= 4 is 16.6 Å². The number of hydrogen-bond donors (Lipinski definition) is 3. The van der Waals surface area contributed by atoms with Crippen molar-refractivity contribution in [2.75, 3.05) is 12.4 Å². The van der Waals surface area contributed by atoms with E-state index in [1.54, 1.807) is 12.3 Å². The molecule has 1 fully saturated rings. The van der Waals surface area contributed by atoms with Crippen molar-refractivity contribution in [3.05, 3.63) is 84.5 Å². The van der Waals surface area contributed by atoms with Gasteiger partial charge in [0.1, 0.15) is 0 Å². The molecule has 0 atom stereocenters. The molecule has 4 nitrogen and oxygen atoms in total. The first-order chi connectivity index (χ1) is 15.6. The lowest BCUT2D eigenvalue weighted by atomic mass is 9.77. The molecular formula is C24H25F5N4. The molecule has 4 rings (SSSR count). The standard InChI is InChI=1S/C12H15F3N2.C12H10F2N2/c1-16-11-5-8(6-11)4-10-3-2-9(7-17-10)12(13,14)15;1-3-7(2)16-12-6-15-11-5-10(14)9(13)4-8(11)12/h2-3,7-8,11,16H,4-6H2,1H3;3-6,15-16H,1-2H2. The van der Waals surface area contributed by atoms with Crippen LogP contribution in [0.15, 0.2) is 61.6 Å². The van der Waals surface area contributed by atoms with Crippen molar-refractivity contribution in [2.24, 2.45) is 5.92 Å². The average Bonchev–Trinajstić information content (AvgIpc) is 3.12.